The number of benzene rings is 2. The summed E-state index contributed by atoms with van der Waals surface area (Å²) in [7, 11) is 0. The number of carboxylic acid groups (broad SMARTS) is 1. The number of nitrogens with zero attached hydrogens (tertiary/aromatic N) is 1. The SMILES string of the molecule is CCC.Cc1ccc(C)c(N(C(=O)OCC(=O)NC(CC(=O)O)C(=O)CF)c2ccccc2C)c1. The fourth-order valence-corrected chi connectivity index (χ4v) is 3.04. The number of para-hydroxylation sites is 1. The molecule has 2 N–H and O–H groups in total. The van der Waals surface area contributed by atoms with Gasteiger partial charge in [0.2, 0.25) is 0 Å². The average molecular weight is 489 g/mol. The molecule has 2 amide bonds. The largest absolute Gasteiger partial charge is 0.481 e. The molecule has 0 saturated carbocycles. The van der Waals surface area contributed by atoms with Gasteiger partial charge in [-0.3, -0.25) is 14.4 Å². The fraction of sp³-hybridized carbons (Fsp3) is 0.385. The van der Waals surface area contributed by atoms with Gasteiger partial charge in [0.25, 0.3) is 5.91 Å². The second-order valence-electron chi connectivity index (χ2n) is 7.99. The van der Waals surface area contributed by atoms with Crippen LogP contribution < -0.4 is 10.2 Å². The highest BCUT2D eigenvalue weighted by Crippen LogP contribution is 2.32. The van der Waals surface area contributed by atoms with Crippen molar-refractivity contribution < 1.29 is 33.4 Å². The topological polar surface area (TPSA) is 113 Å². The van der Waals surface area contributed by atoms with Gasteiger partial charge in [-0.1, -0.05) is 50.6 Å². The van der Waals surface area contributed by atoms with Gasteiger partial charge in [-0.15, -0.1) is 0 Å². The molecule has 0 radical (unpaired) electrons. The predicted octanol–water partition coefficient (Wildman–Crippen LogP) is 4.80. The first-order chi connectivity index (χ1) is 16.5. The van der Waals surface area contributed by atoms with Crippen LogP contribution in [0.25, 0.3) is 0 Å². The third-order valence-corrected chi connectivity index (χ3v) is 4.71. The fourth-order valence-electron chi connectivity index (χ4n) is 3.04. The second-order valence-corrected chi connectivity index (χ2v) is 7.99. The van der Waals surface area contributed by atoms with Crippen molar-refractivity contribution in [1.29, 1.82) is 0 Å². The molecular weight excluding hydrogens is 455 g/mol. The Kier molecular flexibility index (Phi) is 12.1. The van der Waals surface area contributed by atoms with E-state index in [1.54, 1.807) is 12.1 Å². The summed E-state index contributed by atoms with van der Waals surface area (Å²) in [5.74, 6) is -3.38. The van der Waals surface area contributed by atoms with Crippen LogP contribution in [0.15, 0.2) is 42.5 Å². The van der Waals surface area contributed by atoms with Gasteiger partial charge in [0, 0.05) is 0 Å². The van der Waals surface area contributed by atoms with Crippen molar-refractivity contribution in [2.24, 2.45) is 0 Å². The minimum absolute atomic E-state index is 0.558. The van der Waals surface area contributed by atoms with Gasteiger partial charge in [0.05, 0.1) is 17.8 Å². The Labute approximate surface area is 205 Å². The molecule has 2 rings (SSSR count). The molecule has 2 aromatic carbocycles. The molecule has 0 fully saturated rings. The molecule has 0 aliphatic heterocycles. The zero-order valence-corrected chi connectivity index (χ0v) is 20.8. The quantitative estimate of drug-likeness (QED) is 0.524. The zero-order valence-electron chi connectivity index (χ0n) is 20.8. The van der Waals surface area contributed by atoms with E-state index in [1.807, 2.05) is 51.1 Å². The third kappa shape index (κ3) is 9.19. The van der Waals surface area contributed by atoms with E-state index in [9.17, 15) is 23.6 Å². The highest BCUT2D eigenvalue weighted by molar-refractivity contribution is 5.99. The Morgan fingerprint density at radius 1 is 1.00 bits per heavy atom. The molecule has 2 aromatic rings. The van der Waals surface area contributed by atoms with Gasteiger partial charge < -0.3 is 15.2 Å². The van der Waals surface area contributed by atoms with Crippen molar-refractivity contribution in [3.63, 3.8) is 0 Å². The maximum atomic E-state index is 13.0. The number of amides is 2. The van der Waals surface area contributed by atoms with Gasteiger partial charge in [-0.2, -0.15) is 0 Å². The maximum absolute atomic E-state index is 13.0. The second kappa shape index (κ2) is 14.5. The van der Waals surface area contributed by atoms with E-state index in [1.165, 1.54) is 11.3 Å². The van der Waals surface area contributed by atoms with E-state index in [0.717, 1.165) is 16.7 Å². The van der Waals surface area contributed by atoms with E-state index >= 15 is 0 Å². The van der Waals surface area contributed by atoms with Crippen LogP contribution in [-0.2, 0) is 19.1 Å². The lowest BCUT2D eigenvalue weighted by Crippen LogP contribution is -2.45. The van der Waals surface area contributed by atoms with Crippen molar-refractivity contribution in [3.8, 4) is 0 Å². The van der Waals surface area contributed by atoms with Crippen LogP contribution in [0, 0.1) is 20.8 Å². The van der Waals surface area contributed by atoms with Gasteiger partial charge >= 0.3 is 12.1 Å². The molecule has 1 unspecified atom stereocenters. The Morgan fingerprint density at radius 2 is 1.60 bits per heavy atom. The summed E-state index contributed by atoms with van der Waals surface area (Å²) in [5.41, 5.74) is 3.64. The van der Waals surface area contributed by atoms with Crippen molar-refractivity contribution >= 4 is 35.1 Å². The lowest BCUT2D eigenvalue weighted by Gasteiger charge is -2.26. The van der Waals surface area contributed by atoms with E-state index in [-0.39, 0.29) is 0 Å². The lowest BCUT2D eigenvalue weighted by molar-refractivity contribution is -0.140. The number of anilines is 2. The summed E-state index contributed by atoms with van der Waals surface area (Å²) < 4.78 is 17.8. The molecule has 190 valence electrons. The summed E-state index contributed by atoms with van der Waals surface area (Å²) in [6, 6.07) is 11.2. The number of carbonyl (C=O) groups is 4. The number of hydrogen-bond acceptors (Lipinski definition) is 5. The number of carbonyl (C=O) groups excluding carboxylic acids is 3. The van der Waals surface area contributed by atoms with Crippen LogP contribution in [-0.4, -0.2) is 48.2 Å². The van der Waals surface area contributed by atoms with Crippen LogP contribution in [0.5, 0.6) is 0 Å². The van der Waals surface area contributed by atoms with E-state index < -0.39 is 49.5 Å². The first kappa shape index (κ1) is 29.3. The van der Waals surface area contributed by atoms with E-state index in [0.29, 0.717) is 11.4 Å². The van der Waals surface area contributed by atoms with Crippen molar-refractivity contribution in [2.45, 2.75) is 53.5 Å². The number of aryl methyl sites for hydroxylation is 3. The van der Waals surface area contributed by atoms with Crippen molar-refractivity contribution in [1.82, 2.24) is 5.32 Å². The molecule has 35 heavy (non-hydrogen) atoms. The predicted molar refractivity (Wildman–Crippen MR) is 132 cm³/mol. The molecule has 8 nitrogen and oxygen atoms in total. The van der Waals surface area contributed by atoms with Gasteiger partial charge in [0.1, 0.15) is 12.7 Å². The van der Waals surface area contributed by atoms with Gasteiger partial charge in [0.15, 0.2) is 12.4 Å². The van der Waals surface area contributed by atoms with Crippen LogP contribution in [0.4, 0.5) is 20.6 Å². The van der Waals surface area contributed by atoms with Gasteiger partial charge in [-0.05, 0) is 49.6 Å². The Balaban J connectivity index is 0.00000194. The molecule has 0 aliphatic rings. The number of rotatable bonds is 9. The van der Waals surface area contributed by atoms with Crippen molar-refractivity contribution in [3.05, 3.63) is 59.2 Å². The highest BCUT2D eigenvalue weighted by atomic mass is 19.1. The molecule has 0 aliphatic carbocycles. The summed E-state index contributed by atoms with van der Waals surface area (Å²) in [4.78, 5) is 48.9. The van der Waals surface area contributed by atoms with Gasteiger partial charge in [-0.25, -0.2) is 14.1 Å². The Hall–Kier alpha value is -3.75. The molecule has 1 atom stereocenters. The van der Waals surface area contributed by atoms with Crippen LogP contribution in [0.3, 0.4) is 0 Å². The molecule has 0 bridgehead atoms. The number of ether oxygens (including phenoxy) is 1. The average Bonchev–Trinajstić information content (AvgIpc) is 2.80. The number of aliphatic carboxylic acids is 1. The number of Topliss-reactive ketones (excluding diaryl/α,β-unsaturated/α-hetero) is 1. The molecule has 9 heteroatoms. The van der Waals surface area contributed by atoms with Crippen LogP contribution in [0.1, 0.15) is 43.4 Å². The number of hydrogen-bond donors (Lipinski definition) is 2. The lowest BCUT2D eigenvalue weighted by atomic mass is 10.1. The summed E-state index contributed by atoms with van der Waals surface area (Å²) >= 11 is 0. The zero-order chi connectivity index (χ0) is 26.5. The monoisotopic (exact) mass is 488 g/mol. The highest BCUT2D eigenvalue weighted by Gasteiger charge is 2.26. The molecule has 0 heterocycles. The number of nitrogens with one attached hydrogen (secondary N) is 1. The first-order valence-corrected chi connectivity index (χ1v) is 11.2. The number of alkyl halides is 1. The normalized spacial score (nSPS) is 10.9. The smallest absolute Gasteiger partial charge is 0.419 e. The summed E-state index contributed by atoms with van der Waals surface area (Å²) in [6.45, 7) is 7.58. The summed E-state index contributed by atoms with van der Waals surface area (Å²) in [6.07, 6.45) is -0.366. The Morgan fingerprint density at radius 3 is 2.17 bits per heavy atom. The molecule has 0 aromatic heterocycles. The molecule has 0 spiro atoms. The van der Waals surface area contributed by atoms with Crippen LogP contribution >= 0.6 is 0 Å². The Bertz CT molecular complexity index is 1040. The standard InChI is InChI=1S/C23H25FN2O6.C3H8/c1-14-8-9-16(3)19(10-14)26(18-7-5-4-6-15(18)2)23(31)32-13-21(28)25-17(11-22(29)30)20(27)12-24;1-3-2/h4-10,17H,11-13H2,1-3H3,(H,25,28)(H,29,30);3H2,1-2H3. The number of halogens is 1. The molecular formula is C26H33FN2O6. The number of carboxylic acids is 1. The minimum atomic E-state index is -1.55. The van der Waals surface area contributed by atoms with E-state index in [2.05, 4.69) is 19.2 Å². The van der Waals surface area contributed by atoms with E-state index in [4.69, 9.17) is 9.84 Å². The first-order valence-electron chi connectivity index (χ1n) is 11.2. The van der Waals surface area contributed by atoms with Crippen LogP contribution in [0.2, 0.25) is 0 Å². The molecule has 0 saturated heterocycles. The minimum Gasteiger partial charge on any atom is -0.481 e. The maximum Gasteiger partial charge on any atom is 0.419 e. The summed E-state index contributed by atoms with van der Waals surface area (Å²) in [5, 5.41) is 10.9. The third-order valence-electron chi connectivity index (χ3n) is 4.71. The number of ketones is 1. The van der Waals surface area contributed by atoms with Crippen molar-refractivity contribution in [2.75, 3.05) is 18.2 Å².